The summed E-state index contributed by atoms with van der Waals surface area (Å²) in [5.41, 5.74) is 4.11. The van der Waals surface area contributed by atoms with Crippen molar-refractivity contribution >= 4 is 38.9 Å². The Hall–Kier alpha value is -4.03. The van der Waals surface area contributed by atoms with Crippen molar-refractivity contribution < 1.29 is 13.2 Å². The van der Waals surface area contributed by atoms with Gasteiger partial charge in [0.1, 0.15) is 5.69 Å². The molecule has 9 nitrogen and oxygen atoms in total. The molecular weight excluding hydrogens is 629 g/mol. The van der Waals surface area contributed by atoms with Crippen LogP contribution in [-0.2, 0) is 21.4 Å². The van der Waals surface area contributed by atoms with Gasteiger partial charge in [0.25, 0.3) is 5.91 Å². The van der Waals surface area contributed by atoms with Gasteiger partial charge in [-0.2, -0.15) is 14.4 Å². The maximum Gasteiger partial charge on any atom is 0.286 e. The van der Waals surface area contributed by atoms with Crippen LogP contribution in [0.2, 0.25) is 0 Å². The third kappa shape index (κ3) is 7.59. The summed E-state index contributed by atoms with van der Waals surface area (Å²) in [5, 5.41) is 5.62. The summed E-state index contributed by atoms with van der Waals surface area (Å²) >= 11 is 1.39. The number of rotatable bonds is 11. The smallest absolute Gasteiger partial charge is 0.286 e. The van der Waals surface area contributed by atoms with Crippen molar-refractivity contribution in [3.05, 3.63) is 107 Å². The number of sulfonamides is 1. The number of carbonyl (C=O) groups is 1. The Balaban J connectivity index is 1.26. The van der Waals surface area contributed by atoms with Gasteiger partial charge in [0.05, 0.1) is 15.5 Å². The first-order valence-corrected chi connectivity index (χ1v) is 18.4. The van der Waals surface area contributed by atoms with Crippen LogP contribution in [0.3, 0.4) is 0 Å². The van der Waals surface area contributed by atoms with Gasteiger partial charge in [0, 0.05) is 63.1 Å². The van der Waals surface area contributed by atoms with Crippen molar-refractivity contribution in [2.45, 2.75) is 38.1 Å². The minimum absolute atomic E-state index is 0.230. The van der Waals surface area contributed by atoms with Gasteiger partial charge in [-0.05, 0) is 60.5 Å². The number of aliphatic imine (C=N–C) groups is 1. The van der Waals surface area contributed by atoms with E-state index >= 15 is 0 Å². The third-order valence-corrected chi connectivity index (χ3v) is 11.2. The first-order chi connectivity index (χ1) is 22.9. The first-order valence-electron chi connectivity index (χ1n) is 16.1. The topological polar surface area (TPSA) is 91.1 Å². The van der Waals surface area contributed by atoms with Crippen LogP contribution < -0.4 is 0 Å². The molecule has 6 rings (SSSR count). The van der Waals surface area contributed by atoms with Crippen molar-refractivity contribution in [3.63, 3.8) is 0 Å². The number of amidine groups is 1. The van der Waals surface area contributed by atoms with Crippen molar-refractivity contribution in [2.24, 2.45) is 4.99 Å². The van der Waals surface area contributed by atoms with E-state index in [4.69, 9.17) is 5.10 Å². The van der Waals surface area contributed by atoms with Gasteiger partial charge < -0.3 is 4.90 Å². The van der Waals surface area contributed by atoms with E-state index in [1.54, 1.807) is 27.2 Å². The molecule has 0 aliphatic carbocycles. The van der Waals surface area contributed by atoms with E-state index in [1.807, 2.05) is 68.6 Å². The first kappa shape index (κ1) is 32.9. The van der Waals surface area contributed by atoms with Gasteiger partial charge >= 0.3 is 0 Å². The fraction of sp³-hybridized carbons (Fsp3) is 0.306. The Morgan fingerprint density at radius 2 is 1.55 bits per heavy atom. The Labute approximate surface area is 281 Å². The summed E-state index contributed by atoms with van der Waals surface area (Å²) in [6.45, 7) is 9.17. The summed E-state index contributed by atoms with van der Waals surface area (Å²) in [4.78, 5) is 23.0. The number of hydrogen-bond donors (Lipinski definition) is 0. The van der Waals surface area contributed by atoms with Gasteiger partial charge in [-0.3, -0.25) is 9.69 Å². The van der Waals surface area contributed by atoms with E-state index in [1.165, 1.54) is 17.3 Å². The number of thioether (sulfide) groups is 1. The minimum Gasteiger partial charge on any atom is -0.348 e. The van der Waals surface area contributed by atoms with Crippen molar-refractivity contribution in [1.82, 2.24) is 23.9 Å². The quantitative estimate of drug-likeness (QED) is 0.178. The molecule has 1 fully saturated rings. The molecule has 1 amide bonds. The lowest BCUT2D eigenvalue weighted by Crippen LogP contribution is -2.47. The number of hydrogen-bond acceptors (Lipinski definition) is 7. The largest absolute Gasteiger partial charge is 0.348 e. The van der Waals surface area contributed by atoms with Gasteiger partial charge in [0.2, 0.25) is 10.0 Å². The molecule has 3 aromatic carbocycles. The lowest BCUT2D eigenvalue weighted by molar-refractivity contribution is -0.113. The molecule has 0 spiro atoms. The number of piperazine rings is 1. The molecule has 0 N–H and O–H groups in total. The van der Waals surface area contributed by atoms with Crippen molar-refractivity contribution in [3.8, 4) is 16.9 Å². The maximum absolute atomic E-state index is 13.6. The zero-order valence-corrected chi connectivity index (χ0v) is 28.5. The summed E-state index contributed by atoms with van der Waals surface area (Å²) in [6.07, 6.45) is 5.18. The molecule has 47 heavy (non-hydrogen) atoms. The SMILES string of the molecule is CCCN(CCC)S(=O)(=O)c1cccc(-c2nn(-c3ccccc3)cc2C=C2SC(N3CCN(Cc4ccccc4)CC3)=NC2=O)c1. The molecule has 244 valence electrons. The fourth-order valence-electron chi connectivity index (χ4n) is 5.85. The molecular formula is C36H40N6O3S2. The van der Waals surface area contributed by atoms with E-state index < -0.39 is 10.0 Å². The normalized spacial score (nSPS) is 16.7. The van der Waals surface area contributed by atoms with E-state index in [0.717, 1.165) is 56.4 Å². The van der Waals surface area contributed by atoms with Crippen LogP contribution in [0.25, 0.3) is 23.0 Å². The van der Waals surface area contributed by atoms with E-state index in [9.17, 15) is 13.2 Å². The predicted octanol–water partition coefficient (Wildman–Crippen LogP) is 6.14. The summed E-state index contributed by atoms with van der Waals surface area (Å²) in [7, 11) is -3.69. The highest BCUT2D eigenvalue weighted by atomic mass is 32.2. The molecule has 2 aliphatic heterocycles. The molecule has 2 aliphatic rings. The molecule has 1 aromatic heterocycles. The number of amides is 1. The molecule has 0 atom stereocenters. The predicted molar refractivity (Wildman–Crippen MR) is 190 cm³/mol. The molecule has 4 aromatic rings. The highest BCUT2D eigenvalue weighted by molar-refractivity contribution is 8.18. The van der Waals surface area contributed by atoms with Crippen LogP contribution in [0.5, 0.6) is 0 Å². The summed E-state index contributed by atoms with van der Waals surface area (Å²) in [6, 6.07) is 27.1. The van der Waals surface area contributed by atoms with Crippen LogP contribution in [0.4, 0.5) is 0 Å². The molecule has 0 bridgehead atoms. The van der Waals surface area contributed by atoms with Crippen LogP contribution >= 0.6 is 11.8 Å². The molecule has 1 saturated heterocycles. The standard InChI is InChI=1S/C36H40N6O3S2/c1-3-18-41(19-4-2)47(44,45)32-17-11-14-29(24-32)34-30(27-42(38-34)31-15-9-6-10-16-31)25-33-35(43)37-36(46-33)40-22-20-39(21-23-40)26-28-12-7-5-8-13-28/h5-17,24-25,27H,3-4,18-23,26H2,1-2H3. The second-order valence-corrected chi connectivity index (χ2v) is 14.7. The minimum atomic E-state index is -3.69. The van der Waals surface area contributed by atoms with E-state index in [2.05, 4.69) is 39.1 Å². The van der Waals surface area contributed by atoms with Gasteiger partial charge in [0.15, 0.2) is 5.17 Å². The average molecular weight is 669 g/mol. The monoisotopic (exact) mass is 668 g/mol. The number of carbonyl (C=O) groups excluding carboxylic acids is 1. The van der Waals surface area contributed by atoms with Crippen LogP contribution in [0.15, 0.2) is 106 Å². The second-order valence-electron chi connectivity index (χ2n) is 11.7. The van der Waals surface area contributed by atoms with Crippen molar-refractivity contribution in [2.75, 3.05) is 39.3 Å². The average Bonchev–Trinajstić information content (AvgIpc) is 3.69. The Morgan fingerprint density at radius 3 is 2.23 bits per heavy atom. The molecule has 3 heterocycles. The number of aromatic nitrogens is 2. The maximum atomic E-state index is 13.6. The number of para-hydroxylation sites is 1. The highest BCUT2D eigenvalue weighted by Crippen LogP contribution is 2.34. The molecule has 0 radical (unpaired) electrons. The molecule has 0 saturated carbocycles. The fourth-order valence-corrected chi connectivity index (χ4v) is 8.47. The van der Waals surface area contributed by atoms with Gasteiger partial charge in [-0.15, -0.1) is 0 Å². The molecule has 11 heteroatoms. The summed E-state index contributed by atoms with van der Waals surface area (Å²) < 4.78 is 30.6. The van der Waals surface area contributed by atoms with Gasteiger partial charge in [-0.25, -0.2) is 13.1 Å². The van der Waals surface area contributed by atoms with Crippen LogP contribution in [0.1, 0.15) is 37.8 Å². The molecule has 0 unspecified atom stereocenters. The zero-order valence-electron chi connectivity index (χ0n) is 26.8. The Bertz CT molecular complexity index is 1860. The van der Waals surface area contributed by atoms with Gasteiger partial charge in [-0.1, -0.05) is 74.5 Å². The Kier molecular flexibility index (Phi) is 10.4. The third-order valence-electron chi connectivity index (χ3n) is 8.24. The lowest BCUT2D eigenvalue weighted by Gasteiger charge is -2.35. The summed E-state index contributed by atoms with van der Waals surface area (Å²) in [5.74, 6) is -0.277. The van der Waals surface area contributed by atoms with Crippen molar-refractivity contribution in [1.29, 1.82) is 0 Å². The Morgan fingerprint density at radius 1 is 0.872 bits per heavy atom. The zero-order chi connectivity index (χ0) is 32.8. The second kappa shape index (κ2) is 14.8. The number of benzene rings is 3. The van der Waals surface area contributed by atoms with E-state index in [-0.39, 0.29) is 10.8 Å². The van der Waals surface area contributed by atoms with E-state index in [0.29, 0.717) is 34.8 Å². The highest BCUT2D eigenvalue weighted by Gasteiger charge is 2.30. The van der Waals surface area contributed by atoms with Crippen LogP contribution in [0, 0.1) is 0 Å². The lowest BCUT2D eigenvalue weighted by atomic mass is 10.1. The number of nitrogens with zero attached hydrogens (tertiary/aromatic N) is 6. The van der Waals surface area contributed by atoms with Crippen LogP contribution in [-0.4, -0.2) is 82.6 Å².